The molecule has 0 aliphatic carbocycles. The number of benzene rings is 2. The molecule has 0 saturated carbocycles. The van der Waals surface area contributed by atoms with Crippen LogP contribution < -0.4 is 4.74 Å². The lowest BCUT2D eigenvalue weighted by atomic mass is 10.1. The number of carbonyl (C=O) groups is 1. The molecule has 0 fully saturated rings. The number of ether oxygens (including phenoxy) is 1. The lowest BCUT2D eigenvalue weighted by molar-refractivity contribution is -0.130. The predicted molar refractivity (Wildman–Crippen MR) is 114 cm³/mol. The molecule has 0 unspecified atom stereocenters. The van der Waals surface area contributed by atoms with Crippen molar-refractivity contribution in [3.05, 3.63) is 70.7 Å². The van der Waals surface area contributed by atoms with Crippen LogP contribution in [0.1, 0.15) is 23.4 Å². The number of hydrogen-bond donors (Lipinski definition) is 0. The molecular weight excluding hydrogens is 388 g/mol. The Kier molecular flexibility index (Phi) is 6.94. The SMILES string of the molecule is Cc1cc(C)cc(OCCN(C)C(=O)CCc2ncc(-c3ccccc3Cl)o2)c1. The van der Waals surface area contributed by atoms with Crippen LogP contribution in [0.15, 0.2) is 53.1 Å². The molecule has 0 radical (unpaired) electrons. The van der Waals surface area contributed by atoms with E-state index >= 15 is 0 Å². The van der Waals surface area contributed by atoms with Crippen LogP contribution in [0.25, 0.3) is 11.3 Å². The summed E-state index contributed by atoms with van der Waals surface area (Å²) in [5, 5.41) is 0.606. The largest absolute Gasteiger partial charge is 0.492 e. The van der Waals surface area contributed by atoms with E-state index in [1.54, 1.807) is 24.2 Å². The summed E-state index contributed by atoms with van der Waals surface area (Å²) in [4.78, 5) is 18.3. The van der Waals surface area contributed by atoms with Gasteiger partial charge < -0.3 is 14.1 Å². The van der Waals surface area contributed by atoms with E-state index in [0.717, 1.165) is 22.4 Å². The third-order valence-electron chi connectivity index (χ3n) is 4.56. The summed E-state index contributed by atoms with van der Waals surface area (Å²) in [6.07, 6.45) is 2.40. The fourth-order valence-corrected chi connectivity index (χ4v) is 3.29. The molecule has 2 aromatic carbocycles. The third-order valence-corrected chi connectivity index (χ3v) is 4.89. The Hall–Kier alpha value is -2.79. The molecule has 1 aromatic heterocycles. The zero-order valence-corrected chi connectivity index (χ0v) is 17.7. The van der Waals surface area contributed by atoms with Gasteiger partial charge in [-0.2, -0.15) is 0 Å². The minimum absolute atomic E-state index is 0.0199. The lowest BCUT2D eigenvalue weighted by Gasteiger charge is -2.17. The van der Waals surface area contributed by atoms with Crippen molar-refractivity contribution >= 4 is 17.5 Å². The van der Waals surface area contributed by atoms with Gasteiger partial charge in [-0.05, 0) is 49.2 Å². The van der Waals surface area contributed by atoms with Gasteiger partial charge in [0.25, 0.3) is 0 Å². The average Bonchev–Trinajstić information content (AvgIpc) is 3.14. The third kappa shape index (κ3) is 5.84. The first-order chi connectivity index (χ1) is 13.9. The molecule has 0 N–H and O–H groups in total. The zero-order valence-electron chi connectivity index (χ0n) is 16.9. The smallest absolute Gasteiger partial charge is 0.222 e. The Labute approximate surface area is 176 Å². The Morgan fingerprint density at radius 2 is 1.90 bits per heavy atom. The molecule has 0 saturated heterocycles. The van der Waals surface area contributed by atoms with Crippen molar-refractivity contribution in [3.63, 3.8) is 0 Å². The Morgan fingerprint density at radius 3 is 2.62 bits per heavy atom. The first-order valence-electron chi connectivity index (χ1n) is 9.57. The minimum Gasteiger partial charge on any atom is -0.492 e. The molecule has 0 aliphatic heterocycles. The van der Waals surface area contributed by atoms with Crippen LogP contribution in [-0.2, 0) is 11.2 Å². The van der Waals surface area contributed by atoms with Crippen molar-refractivity contribution in [2.24, 2.45) is 0 Å². The van der Waals surface area contributed by atoms with Crippen molar-refractivity contribution in [2.45, 2.75) is 26.7 Å². The standard InChI is InChI=1S/C23H25ClN2O3/c1-16-12-17(2)14-18(13-16)28-11-10-26(3)23(27)9-8-22-25-15-21(29-22)19-6-4-5-7-20(19)24/h4-7,12-15H,8-11H2,1-3H3. The van der Waals surface area contributed by atoms with E-state index in [0.29, 0.717) is 42.7 Å². The molecule has 152 valence electrons. The topological polar surface area (TPSA) is 55.6 Å². The van der Waals surface area contributed by atoms with E-state index in [4.69, 9.17) is 20.8 Å². The second kappa shape index (κ2) is 9.61. The van der Waals surface area contributed by atoms with Gasteiger partial charge in [-0.3, -0.25) is 4.79 Å². The molecule has 0 atom stereocenters. The molecular formula is C23H25ClN2O3. The van der Waals surface area contributed by atoms with Gasteiger partial charge in [-0.1, -0.05) is 29.8 Å². The Balaban J connectivity index is 1.46. The maximum absolute atomic E-state index is 12.4. The van der Waals surface area contributed by atoms with E-state index in [1.807, 2.05) is 44.2 Å². The van der Waals surface area contributed by atoms with Crippen molar-refractivity contribution in [2.75, 3.05) is 20.2 Å². The highest BCUT2D eigenvalue weighted by molar-refractivity contribution is 6.33. The van der Waals surface area contributed by atoms with Crippen LogP contribution in [0.5, 0.6) is 5.75 Å². The summed E-state index contributed by atoms with van der Waals surface area (Å²) >= 11 is 6.19. The number of likely N-dealkylation sites (N-methyl/N-ethyl adjacent to an activating group) is 1. The monoisotopic (exact) mass is 412 g/mol. The molecule has 0 bridgehead atoms. The number of hydrogen-bond acceptors (Lipinski definition) is 4. The molecule has 0 aliphatic rings. The van der Waals surface area contributed by atoms with E-state index in [1.165, 1.54) is 0 Å². The number of carbonyl (C=O) groups excluding carboxylic acids is 1. The zero-order chi connectivity index (χ0) is 20.8. The van der Waals surface area contributed by atoms with Gasteiger partial charge in [0.1, 0.15) is 12.4 Å². The minimum atomic E-state index is 0.0199. The van der Waals surface area contributed by atoms with Crippen LogP contribution in [0, 0.1) is 13.8 Å². The molecule has 6 heteroatoms. The van der Waals surface area contributed by atoms with Gasteiger partial charge >= 0.3 is 0 Å². The van der Waals surface area contributed by atoms with Gasteiger partial charge in [0.15, 0.2) is 11.7 Å². The van der Waals surface area contributed by atoms with E-state index in [2.05, 4.69) is 11.1 Å². The summed E-state index contributed by atoms with van der Waals surface area (Å²) in [6.45, 7) is 5.04. The number of rotatable bonds is 8. The number of aryl methyl sites for hydroxylation is 3. The average molecular weight is 413 g/mol. The number of aromatic nitrogens is 1. The van der Waals surface area contributed by atoms with Gasteiger partial charge in [-0.15, -0.1) is 0 Å². The predicted octanol–water partition coefficient (Wildman–Crippen LogP) is 5.08. The highest BCUT2D eigenvalue weighted by atomic mass is 35.5. The maximum atomic E-state index is 12.4. The fourth-order valence-electron chi connectivity index (χ4n) is 3.06. The molecule has 0 spiro atoms. The first-order valence-corrected chi connectivity index (χ1v) is 9.95. The fraction of sp³-hybridized carbons (Fsp3) is 0.304. The molecule has 1 amide bonds. The summed E-state index contributed by atoms with van der Waals surface area (Å²) in [5.74, 6) is 1.98. The van der Waals surface area contributed by atoms with E-state index in [-0.39, 0.29) is 5.91 Å². The van der Waals surface area contributed by atoms with Crippen molar-refractivity contribution in [1.29, 1.82) is 0 Å². The summed E-state index contributed by atoms with van der Waals surface area (Å²) in [7, 11) is 1.78. The number of halogens is 1. The van der Waals surface area contributed by atoms with E-state index in [9.17, 15) is 4.79 Å². The van der Waals surface area contributed by atoms with Crippen LogP contribution in [0.4, 0.5) is 0 Å². The molecule has 3 aromatic rings. The maximum Gasteiger partial charge on any atom is 0.222 e. The Bertz CT molecular complexity index is 964. The quantitative estimate of drug-likeness (QED) is 0.517. The van der Waals surface area contributed by atoms with Gasteiger partial charge in [-0.25, -0.2) is 4.98 Å². The lowest BCUT2D eigenvalue weighted by Crippen LogP contribution is -2.31. The molecule has 1 heterocycles. The first kappa shape index (κ1) is 20.9. The normalized spacial score (nSPS) is 10.8. The van der Waals surface area contributed by atoms with Gasteiger partial charge in [0.05, 0.1) is 17.8 Å². The molecule has 5 nitrogen and oxygen atoms in total. The molecule has 29 heavy (non-hydrogen) atoms. The summed E-state index contributed by atoms with van der Waals surface area (Å²) in [5.41, 5.74) is 3.11. The second-order valence-corrected chi connectivity index (χ2v) is 7.49. The van der Waals surface area contributed by atoms with Crippen LogP contribution in [0.3, 0.4) is 0 Å². The van der Waals surface area contributed by atoms with E-state index < -0.39 is 0 Å². The number of oxazole rings is 1. The van der Waals surface area contributed by atoms with Crippen LogP contribution >= 0.6 is 11.6 Å². The molecule has 3 rings (SSSR count). The highest BCUT2D eigenvalue weighted by Crippen LogP contribution is 2.28. The van der Waals surface area contributed by atoms with Crippen molar-refractivity contribution < 1.29 is 13.9 Å². The second-order valence-electron chi connectivity index (χ2n) is 7.09. The number of amides is 1. The highest BCUT2D eigenvalue weighted by Gasteiger charge is 2.13. The number of nitrogens with zero attached hydrogens (tertiary/aromatic N) is 2. The van der Waals surface area contributed by atoms with Crippen LogP contribution in [-0.4, -0.2) is 36.0 Å². The Morgan fingerprint density at radius 1 is 1.17 bits per heavy atom. The van der Waals surface area contributed by atoms with Crippen molar-refractivity contribution in [1.82, 2.24) is 9.88 Å². The summed E-state index contributed by atoms with van der Waals surface area (Å²) in [6, 6.07) is 13.5. The van der Waals surface area contributed by atoms with Crippen LogP contribution in [0.2, 0.25) is 5.02 Å². The van der Waals surface area contributed by atoms with Gasteiger partial charge in [0.2, 0.25) is 5.91 Å². The van der Waals surface area contributed by atoms with Gasteiger partial charge in [0, 0.05) is 25.5 Å². The van der Waals surface area contributed by atoms with Crippen molar-refractivity contribution in [3.8, 4) is 17.1 Å². The summed E-state index contributed by atoms with van der Waals surface area (Å²) < 4.78 is 11.5.